The fourth-order valence-corrected chi connectivity index (χ4v) is 2.64. The number of hydrogen-bond acceptors (Lipinski definition) is 3. The van der Waals surface area contributed by atoms with Gasteiger partial charge in [-0.2, -0.15) is 0 Å². The van der Waals surface area contributed by atoms with Gasteiger partial charge in [0.05, 0.1) is 17.1 Å². The first-order valence-corrected chi connectivity index (χ1v) is 7.57. The van der Waals surface area contributed by atoms with Crippen molar-refractivity contribution in [2.75, 3.05) is 5.73 Å². The van der Waals surface area contributed by atoms with Gasteiger partial charge >= 0.3 is 0 Å². The molecule has 5 nitrogen and oxygen atoms in total. The van der Waals surface area contributed by atoms with E-state index in [4.69, 9.17) is 5.73 Å². The third-order valence-corrected chi connectivity index (χ3v) is 4.08. The van der Waals surface area contributed by atoms with Crippen molar-refractivity contribution >= 4 is 5.69 Å². The van der Waals surface area contributed by atoms with Crippen molar-refractivity contribution in [3.63, 3.8) is 0 Å². The van der Waals surface area contributed by atoms with E-state index in [0.717, 1.165) is 24.7 Å². The predicted molar refractivity (Wildman–Crippen MR) is 86.4 cm³/mol. The summed E-state index contributed by atoms with van der Waals surface area (Å²) in [6, 6.07) is 6.45. The van der Waals surface area contributed by atoms with Crippen LogP contribution in [0.2, 0.25) is 0 Å². The van der Waals surface area contributed by atoms with Gasteiger partial charge in [0, 0.05) is 17.5 Å². The van der Waals surface area contributed by atoms with Crippen LogP contribution in [-0.2, 0) is 0 Å². The SMILES string of the molecule is Nc1ccc(-c2[nH]c(C3CC3)nc2-c2ccc(F)cc2F)[nH]c1=O. The van der Waals surface area contributed by atoms with Crippen LogP contribution in [0.4, 0.5) is 14.5 Å². The maximum atomic E-state index is 14.2. The highest BCUT2D eigenvalue weighted by Crippen LogP contribution is 2.41. The largest absolute Gasteiger partial charge is 0.394 e. The Morgan fingerprint density at radius 3 is 2.58 bits per heavy atom. The van der Waals surface area contributed by atoms with E-state index in [2.05, 4.69) is 15.0 Å². The molecular formula is C17H14F2N4O. The molecule has 4 N–H and O–H groups in total. The minimum Gasteiger partial charge on any atom is -0.394 e. The number of imidazole rings is 1. The third kappa shape index (κ3) is 2.47. The summed E-state index contributed by atoms with van der Waals surface area (Å²) < 4.78 is 27.4. The molecule has 24 heavy (non-hydrogen) atoms. The lowest BCUT2D eigenvalue weighted by molar-refractivity contribution is 0.585. The summed E-state index contributed by atoms with van der Waals surface area (Å²) in [4.78, 5) is 22.1. The fourth-order valence-electron chi connectivity index (χ4n) is 2.64. The molecule has 1 aliphatic carbocycles. The normalized spacial score (nSPS) is 14.1. The van der Waals surface area contributed by atoms with E-state index >= 15 is 0 Å². The van der Waals surface area contributed by atoms with Gasteiger partial charge in [-0.3, -0.25) is 4.79 Å². The molecule has 122 valence electrons. The van der Waals surface area contributed by atoms with Gasteiger partial charge in [-0.05, 0) is 37.1 Å². The van der Waals surface area contributed by atoms with E-state index in [1.54, 1.807) is 6.07 Å². The van der Waals surface area contributed by atoms with E-state index in [1.165, 1.54) is 18.2 Å². The van der Waals surface area contributed by atoms with Gasteiger partial charge in [-0.1, -0.05) is 0 Å². The number of nitrogens with zero attached hydrogens (tertiary/aromatic N) is 1. The zero-order chi connectivity index (χ0) is 16.8. The average Bonchev–Trinajstić information content (AvgIpc) is 3.30. The highest BCUT2D eigenvalue weighted by molar-refractivity contribution is 5.77. The van der Waals surface area contributed by atoms with Crippen LogP contribution in [0.25, 0.3) is 22.6 Å². The molecule has 1 aromatic carbocycles. The molecule has 1 aliphatic rings. The fraction of sp³-hybridized carbons (Fsp3) is 0.176. The standard InChI is InChI=1S/C17H14F2N4O/c18-9-3-4-10(11(19)7-9)14-15(23-16(22-14)8-1-2-8)13-6-5-12(20)17(24)21-13/h3-8H,1-2,20H2,(H,21,24)(H,22,23). The summed E-state index contributed by atoms with van der Waals surface area (Å²) in [5.41, 5.74) is 6.66. The first kappa shape index (κ1) is 14.6. The van der Waals surface area contributed by atoms with Crippen LogP contribution in [-0.4, -0.2) is 15.0 Å². The summed E-state index contributed by atoms with van der Waals surface area (Å²) in [7, 11) is 0. The quantitative estimate of drug-likeness (QED) is 0.690. The number of pyridine rings is 1. The highest BCUT2D eigenvalue weighted by Gasteiger charge is 2.29. The minimum atomic E-state index is -0.706. The van der Waals surface area contributed by atoms with Crippen LogP contribution >= 0.6 is 0 Å². The molecule has 0 bridgehead atoms. The Morgan fingerprint density at radius 2 is 1.92 bits per heavy atom. The van der Waals surface area contributed by atoms with Gasteiger partial charge in [-0.15, -0.1) is 0 Å². The van der Waals surface area contributed by atoms with Crippen LogP contribution in [0.1, 0.15) is 24.6 Å². The molecule has 0 aliphatic heterocycles. The molecule has 7 heteroatoms. The van der Waals surface area contributed by atoms with Crippen molar-refractivity contribution in [1.82, 2.24) is 15.0 Å². The van der Waals surface area contributed by atoms with E-state index in [1.807, 2.05) is 0 Å². The number of aromatic amines is 2. The smallest absolute Gasteiger partial charge is 0.271 e. The van der Waals surface area contributed by atoms with E-state index in [-0.39, 0.29) is 11.3 Å². The van der Waals surface area contributed by atoms with Crippen LogP contribution in [0.3, 0.4) is 0 Å². The number of aromatic nitrogens is 3. The van der Waals surface area contributed by atoms with Gasteiger partial charge in [0.1, 0.15) is 23.2 Å². The molecule has 0 unspecified atom stereocenters. The van der Waals surface area contributed by atoms with Crippen LogP contribution in [0, 0.1) is 11.6 Å². The number of H-pyrrole nitrogens is 2. The molecule has 2 aromatic heterocycles. The Hall–Kier alpha value is -2.96. The van der Waals surface area contributed by atoms with Gasteiger partial charge in [0.2, 0.25) is 0 Å². The molecule has 4 rings (SSSR count). The number of nitrogen functional groups attached to an aromatic ring is 1. The lowest BCUT2D eigenvalue weighted by atomic mass is 10.1. The summed E-state index contributed by atoms with van der Waals surface area (Å²) in [6.07, 6.45) is 2.02. The number of halogens is 2. The predicted octanol–water partition coefficient (Wildman–Crippen LogP) is 3.17. The first-order chi connectivity index (χ1) is 11.5. The van der Waals surface area contributed by atoms with Crippen molar-refractivity contribution in [3.05, 3.63) is 58.1 Å². The Balaban J connectivity index is 1.92. The maximum Gasteiger partial charge on any atom is 0.271 e. The van der Waals surface area contributed by atoms with Crippen LogP contribution < -0.4 is 11.3 Å². The summed E-state index contributed by atoms with van der Waals surface area (Å²) in [5.74, 6) is -0.317. The van der Waals surface area contributed by atoms with Crippen molar-refractivity contribution in [2.24, 2.45) is 0 Å². The third-order valence-electron chi connectivity index (χ3n) is 4.08. The van der Waals surface area contributed by atoms with Crippen molar-refractivity contribution < 1.29 is 8.78 Å². The monoisotopic (exact) mass is 328 g/mol. The van der Waals surface area contributed by atoms with Gasteiger partial charge in [-0.25, -0.2) is 13.8 Å². The minimum absolute atomic E-state index is 0.0928. The second kappa shape index (κ2) is 5.30. The number of anilines is 1. The lowest BCUT2D eigenvalue weighted by Gasteiger charge is -2.05. The second-order valence-electron chi connectivity index (χ2n) is 5.90. The average molecular weight is 328 g/mol. The van der Waals surface area contributed by atoms with Gasteiger partial charge in [0.15, 0.2) is 0 Å². The summed E-state index contributed by atoms with van der Waals surface area (Å²) >= 11 is 0. The molecule has 3 aromatic rings. The highest BCUT2D eigenvalue weighted by atomic mass is 19.1. The van der Waals surface area contributed by atoms with Gasteiger partial charge in [0.25, 0.3) is 5.56 Å². The lowest BCUT2D eigenvalue weighted by Crippen LogP contribution is -2.11. The number of rotatable bonds is 3. The Labute approximate surface area is 135 Å². The summed E-state index contributed by atoms with van der Waals surface area (Å²) in [5, 5.41) is 0. The zero-order valence-electron chi connectivity index (χ0n) is 12.6. The van der Waals surface area contributed by atoms with Crippen LogP contribution in [0.5, 0.6) is 0 Å². The molecule has 0 saturated heterocycles. The van der Waals surface area contributed by atoms with E-state index in [0.29, 0.717) is 23.0 Å². The summed E-state index contributed by atoms with van der Waals surface area (Å²) in [6.45, 7) is 0. The second-order valence-corrected chi connectivity index (χ2v) is 5.90. The molecule has 1 fully saturated rings. The Kier molecular flexibility index (Phi) is 3.23. The molecule has 0 amide bonds. The van der Waals surface area contributed by atoms with Gasteiger partial charge < -0.3 is 15.7 Å². The molecule has 0 atom stereocenters. The van der Waals surface area contributed by atoms with E-state index < -0.39 is 17.2 Å². The number of nitrogens with two attached hydrogens (primary N) is 1. The van der Waals surface area contributed by atoms with Crippen LogP contribution in [0.15, 0.2) is 35.1 Å². The topological polar surface area (TPSA) is 87.6 Å². The number of benzene rings is 1. The molecule has 0 radical (unpaired) electrons. The Morgan fingerprint density at radius 1 is 1.12 bits per heavy atom. The molecule has 0 spiro atoms. The molecular weight excluding hydrogens is 314 g/mol. The number of hydrogen-bond donors (Lipinski definition) is 3. The Bertz CT molecular complexity index is 988. The van der Waals surface area contributed by atoms with Crippen molar-refractivity contribution in [1.29, 1.82) is 0 Å². The maximum absolute atomic E-state index is 14.2. The first-order valence-electron chi connectivity index (χ1n) is 7.57. The van der Waals surface area contributed by atoms with E-state index in [9.17, 15) is 13.6 Å². The van der Waals surface area contributed by atoms with Crippen molar-refractivity contribution in [3.8, 4) is 22.6 Å². The zero-order valence-corrected chi connectivity index (χ0v) is 12.6. The molecule has 1 saturated carbocycles. The van der Waals surface area contributed by atoms with Crippen molar-refractivity contribution in [2.45, 2.75) is 18.8 Å². The molecule has 2 heterocycles. The number of nitrogens with one attached hydrogen (secondary N) is 2.